The molecule has 0 radical (unpaired) electrons. The number of benzene rings is 1. The van der Waals surface area contributed by atoms with Gasteiger partial charge in [-0.15, -0.1) is 0 Å². The van der Waals surface area contributed by atoms with Gasteiger partial charge in [0.05, 0.1) is 0 Å². The number of hydrogen-bond donors (Lipinski definition) is 0. The first kappa shape index (κ1) is 23.6. The van der Waals surface area contributed by atoms with E-state index in [4.69, 9.17) is 0 Å². The van der Waals surface area contributed by atoms with Crippen LogP contribution in [0.25, 0.3) is 0 Å². The molecule has 0 aromatic heterocycles. The molecule has 2 aliphatic rings. The van der Waals surface area contributed by atoms with Gasteiger partial charge in [0.25, 0.3) is 0 Å². The Balaban J connectivity index is 1.33. The molecule has 0 heteroatoms. The molecule has 0 nitrogen and oxygen atoms in total. The normalized spacial score (nSPS) is 27.5. The maximum atomic E-state index is 2.54. The average molecular weight is 409 g/mol. The molecule has 1 aromatic carbocycles. The summed E-state index contributed by atoms with van der Waals surface area (Å²) in [6.07, 6.45) is 27.5. The van der Waals surface area contributed by atoms with E-state index in [2.05, 4.69) is 50.3 Å². The van der Waals surface area contributed by atoms with Gasteiger partial charge in [-0.3, -0.25) is 0 Å². The Morgan fingerprint density at radius 2 is 1.40 bits per heavy atom. The van der Waals surface area contributed by atoms with Crippen LogP contribution in [0.4, 0.5) is 0 Å². The standard InChI is InChI=1S/C30H48/c1-3-5-6-10-27-17-21-29(22-18-27)30-23-19-28(20-24-30)12-8-7-11-26-15-13-25(9-4-2)14-16-26/h7,11,19-20,23-27,29H,3-6,8-10,12-18,21-22H2,1-2H3. The zero-order valence-electron chi connectivity index (χ0n) is 20.1. The molecule has 0 heterocycles. The fraction of sp³-hybridized carbons (Fsp3) is 0.733. The lowest BCUT2D eigenvalue weighted by Gasteiger charge is -2.29. The molecule has 2 saturated carbocycles. The summed E-state index contributed by atoms with van der Waals surface area (Å²) < 4.78 is 0. The van der Waals surface area contributed by atoms with Gasteiger partial charge in [0, 0.05) is 0 Å². The molecule has 2 fully saturated rings. The van der Waals surface area contributed by atoms with Crippen LogP contribution in [0.5, 0.6) is 0 Å². The van der Waals surface area contributed by atoms with Crippen molar-refractivity contribution >= 4 is 0 Å². The summed E-state index contributed by atoms with van der Waals surface area (Å²) in [4.78, 5) is 0. The second-order valence-corrected chi connectivity index (χ2v) is 10.5. The Labute approximate surface area is 187 Å². The highest BCUT2D eigenvalue weighted by Crippen LogP contribution is 2.38. The number of rotatable bonds is 11. The van der Waals surface area contributed by atoms with Crippen molar-refractivity contribution in [2.24, 2.45) is 17.8 Å². The predicted molar refractivity (Wildman–Crippen MR) is 133 cm³/mol. The Hall–Kier alpha value is -1.04. The van der Waals surface area contributed by atoms with Gasteiger partial charge in [0.15, 0.2) is 0 Å². The Morgan fingerprint density at radius 3 is 2.07 bits per heavy atom. The third-order valence-electron chi connectivity index (χ3n) is 8.11. The van der Waals surface area contributed by atoms with Crippen molar-refractivity contribution in [1.29, 1.82) is 0 Å². The third kappa shape index (κ3) is 7.90. The first-order valence-electron chi connectivity index (χ1n) is 13.5. The summed E-state index contributed by atoms with van der Waals surface area (Å²) in [6.45, 7) is 4.65. The van der Waals surface area contributed by atoms with E-state index in [-0.39, 0.29) is 0 Å². The molecule has 0 atom stereocenters. The third-order valence-corrected chi connectivity index (χ3v) is 8.11. The van der Waals surface area contributed by atoms with Crippen LogP contribution in [-0.2, 0) is 6.42 Å². The Kier molecular flexibility index (Phi) is 10.5. The topological polar surface area (TPSA) is 0 Å². The molecule has 0 N–H and O–H groups in total. The molecule has 0 spiro atoms. The van der Waals surface area contributed by atoms with E-state index in [0.29, 0.717) is 0 Å². The van der Waals surface area contributed by atoms with E-state index in [9.17, 15) is 0 Å². The van der Waals surface area contributed by atoms with Gasteiger partial charge in [0.2, 0.25) is 0 Å². The summed E-state index contributed by atoms with van der Waals surface area (Å²) in [5, 5.41) is 0. The van der Waals surface area contributed by atoms with Crippen LogP contribution in [0, 0.1) is 17.8 Å². The van der Waals surface area contributed by atoms with E-state index in [1.54, 1.807) is 5.56 Å². The summed E-state index contributed by atoms with van der Waals surface area (Å²) in [7, 11) is 0. The molecule has 30 heavy (non-hydrogen) atoms. The van der Waals surface area contributed by atoms with E-state index >= 15 is 0 Å². The maximum Gasteiger partial charge on any atom is -0.0162 e. The lowest BCUT2D eigenvalue weighted by molar-refractivity contribution is 0.294. The minimum atomic E-state index is 0.823. The van der Waals surface area contributed by atoms with Crippen LogP contribution >= 0.6 is 0 Å². The van der Waals surface area contributed by atoms with Crippen molar-refractivity contribution in [1.82, 2.24) is 0 Å². The fourth-order valence-electron chi connectivity index (χ4n) is 6.04. The van der Waals surface area contributed by atoms with Crippen LogP contribution in [-0.4, -0.2) is 0 Å². The molecule has 2 aliphatic carbocycles. The van der Waals surface area contributed by atoms with Crippen molar-refractivity contribution in [2.75, 3.05) is 0 Å². The quantitative estimate of drug-likeness (QED) is 0.252. The molecule has 0 saturated heterocycles. The van der Waals surface area contributed by atoms with Gasteiger partial charge in [-0.1, -0.05) is 88.8 Å². The lowest BCUT2D eigenvalue weighted by Crippen LogP contribution is -2.13. The number of unbranched alkanes of at least 4 members (excludes halogenated alkanes) is 2. The number of allylic oxidation sites excluding steroid dienone is 2. The SMILES string of the molecule is CCCCCC1CCC(c2ccc(CCC=CC3CCC(CCC)CC3)cc2)CC1. The van der Waals surface area contributed by atoms with Crippen LogP contribution in [0.2, 0.25) is 0 Å². The van der Waals surface area contributed by atoms with Crippen LogP contribution in [0.1, 0.15) is 127 Å². The van der Waals surface area contributed by atoms with Gasteiger partial charge in [-0.25, -0.2) is 0 Å². The lowest BCUT2D eigenvalue weighted by atomic mass is 9.77. The maximum absolute atomic E-state index is 2.54. The zero-order valence-corrected chi connectivity index (χ0v) is 20.1. The van der Waals surface area contributed by atoms with Crippen LogP contribution in [0.3, 0.4) is 0 Å². The highest BCUT2D eigenvalue weighted by atomic mass is 14.3. The van der Waals surface area contributed by atoms with Crippen molar-refractivity contribution in [2.45, 2.75) is 122 Å². The van der Waals surface area contributed by atoms with Crippen molar-refractivity contribution in [3.8, 4) is 0 Å². The van der Waals surface area contributed by atoms with E-state index in [0.717, 1.165) is 23.7 Å². The molecule has 1 aromatic rings. The molecule has 168 valence electrons. The summed E-state index contributed by atoms with van der Waals surface area (Å²) in [5.74, 6) is 3.72. The highest BCUT2D eigenvalue weighted by molar-refractivity contribution is 5.26. The zero-order chi connectivity index (χ0) is 21.0. The second kappa shape index (κ2) is 13.4. The smallest absolute Gasteiger partial charge is 0.0162 e. The van der Waals surface area contributed by atoms with Crippen molar-refractivity contribution in [3.05, 3.63) is 47.5 Å². The molecule has 0 amide bonds. The summed E-state index contributed by atoms with van der Waals surface area (Å²) >= 11 is 0. The highest BCUT2D eigenvalue weighted by Gasteiger charge is 2.22. The Morgan fingerprint density at radius 1 is 0.733 bits per heavy atom. The molecular formula is C30H48. The average Bonchev–Trinajstić information content (AvgIpc) is 2.79. The van der Waals surface area contributed by atoms with E-state index in [1.165, 1.54) is 108 Å². The number of aryl methyl sites for hydroxylation is 1. The van der Waals surface area contributed by atoms with E-state index in [1.807, 2.05) is 0 Å². The summed E-state index contributed by atoms with van der Waals surface area (Å²) in [5.41, 5.74) is 3.12. The first-order chi connectivity index (χ1) is 14.8. The molecule has 0 bridgehead atoms. The molecule has 0 unspecified atom stereocenters. The second-order valence-electron chi connectivity index (χ2n) is 10.5. The Bertz CT molecular complexity index is 579. The largest absolute Gasteiger partial charge is 0.0879 e. The minimum Gasteiger partial charge on any atom is -0.0879 e. The van der Waals surface area contributed by atoms with Crippen molar-refractivity contribution < 1.29 is 0 Å². The van der Waals surface area contributed by atoms with E-state index < -0.39 is 0 Å². The van der Waals surface area contributed by atoms with Crippen LogP contribution in [0.15, 0.2) is 36.4 Å². The first-order valence-corrected chi connectivity index (χ1v) is 13.5. The van der Waals surface area contributed by atoms with Crippen LogP contribution < -0.4 is 0 Å². The van der Waals surface area contributed by atoms with Gasteiger partial charge in [-0.2, -0.15) is 0 Å². The van der Waals surface area contributed by atoms with Crippen molar-refractivity contribution in [3.63, 3.8) is 0 Å². The predicted octanol–water partition coefficient (Wildman–Crippen LogP) is 9.64. The minimum absolute atomic E-state index is 0.823. The van der Waals surface area contributed by atoms with Gasteiger partial charge in [-0.05, 0) is 99.0 Å². The molecular weight excluding hydrogens is 360 g/mol. The summed E-state index contributed by atoms with van der Waals surface area (Å²) in [6, 6.07) is 9.70. The molecule has 3 rings (SSSR count). The van der Waals surface area contributed by atoms with Gasteiger partial charge in [0.1, 0.15) is 0 Å². The van der Waals surface area contributed by atoms with Gasteiger partial charge >= 0.3 is 0 Å². The molecule has 0 aliphatic heterocycles. The number of hydrogen-bond acceptors (Lipinski definition) is 0. The van der Waals surface area contributed by atoms with Gasteiger partial charge < -0.3 is 0 Å². The monoisotopic (exact) mass is 408 g/mol. The fourth-order valence-corrected chi connectivity index (χ4v) is 6.04.